The Morgan fingerprint density at radius 2 is 2.46 bits per heavy atom. The second kappa shape index (κ2) is 6.11. The van der Waals surface area contributed by atoms with E-state index in [0.29, 0.717) is 5.25 Å². The van der Waals surface area contributed by atoms with Crippen molar-refractivity contribution in [1.82, 2.24) is 4.98 Å². The van der Waals surface area contributed by atoms with E-state index in [1.807, 2.05) is 41.3 Å². The summed E-state index contributed by atoms with van der Waals surface area (Å²) in [5.74, 6) is 0. The highest BCUT2D eigenvalue weighted by atomic mass is 33.1. The SMILES string of the molecule is C=CC(CC)SSc1ccccn1. The molecule has 0 aromatic carbocycles. The van der Waals surface area contributed by atoms with Crippen LogP contribution in [0.3, 0.4) is 0 Å². The standard InChI is InChI=1S/C10H13NS2/c1-3-9(4-2)12-13-10-7-5-6-8-11-10/h3,5-9H,1,4H2,2H3. The van der Waals surface area contributed by atoms with Crippen LogP contribution in [0, 0.1) is 0 Å². The highest BCUT2D eigenvalue weighted by molar-refractivity contribution is 8.77. The van der Waals surface area contributed by atoms with Crippen LogP contribution in [0.2, 0.25) is 0 Å². The first-order chi connectivity index (χ1) is 6.36. The number of rotatable bonds is 5. The summed E-state index contributed by atoms with van der Waals surface area (Å²) < 4.78 is 0. The molecule has 0 bridgehead atoms. The minimum atomic E-state index is 0.520. The summed E-state index contributed by atoms with van der Waals surface area (Å²) in [6, 6.07) is 5.96. The maximum Gasteiger partial charge on any atom is 0.106 e. The van der Waals surface area contributed by atoms with Crippen LogP contribution >= 0.6 is 21.6 Å². The van der Waals surface area contributed by atoms with Gasteiger partial charge < -0.3 is 0 Å². The fourth-order valence-corrected chi connectivity index (χ4v) is 3.06. The molecule has 1 heterocycles. The largest absolute Gasteiger partial charge is 0.249 e. The van der Waals surface area contributed by atoms with E-state index in [2.05, 4.69) is 18.5 Å². The van der Waals surface area contributed by atoms with Crippen LogP contribution < -0.4 is 0 Å². The summed E-state index contributed by atoms with van der Waals surface area (Å²) in [6.07, 6.45) is 4.92. The summed E-state index contributed by atoms with van der Waals surface area (Å²) in [6.45, 7) is 5.95. The van der Waals surface area contributed by atoms with Crippen LogP contribution in [-0.4, -0.2) is 10.2 Å². The third-order valence-electron chi connectivity index (χ3n) is 1.56. The normalized spacial score (nSPS) is 12.4. The lowest BCUT2D eigenvalue weighted by atomic mass is 10.3. The number of aromatic nitrogens is 1. The van der Waals surface area contributed by atoms with Gasteiger partial charge in [-0.15, -0.1) is 6.58 Å². The summed E-state index contributed by atoms with van der Waals surface area (Å²) in [4.78, 5) is 4.23. The molecule has 0 saturated carbocycles. The van der Waals surface area contributed by atoms with E-state index in [9.17, 15) is 0 Å². The maximum atomic E-state index is 4.23. The van der Waals surface area contributed by atoms with Crippen LogP contribution in [0.1, 0.15) is 13.3 Å². The molecule has 1 aromatic heterocycles. The lowest BCUT2D eigenvalue weighted by molar-refractivity contribution is 0.985. The third-order valence-corrected chi connectivity index (χ3v) is 4.38. The Labute approximate surface area is 87.4 Å². The third kappa shape index (κ3) is 3.87. The summed E-state index contributed by atoms with van der Waals surface area (Å²) in [7, 11) is 3.52. The molecule has 0 radical (unpaired) electrons. The molecule has 13 heavy (non-hydrogen) atoms. The Morgan fingerprint density at radius 3 is 3.00 bits per heavy atom. The van der Waals surface area contributed by atoms with Gasteiger partial charge in [0.05, 0.1) is 0 Å². The van der Waals surface area contributed by atoms with Crippen molar-refractivity contribution in [2.75, 3.05) is 0 Å². The van der Waals surface area contributed by atoms with E-state index in [-0.39, 0.29) is 0 Å². The maximum absolute atomic E-state index is 4.23. The molecule has 0 spiro atoms. The second-order valence-electron chi connectivity index (χ2n) is 2.53. The topological polar surface area (TPSA) is 12.9 Å². The van der Waals surface area contributed by atoms with Crippen LogP contribution in [0.25, 0.3) is 0 Å². The van der Waals surface area contributed by atoms with E-state index in [1.165, 1.54) is 0 Å². The first-order valence-corrected chi connectivity index (χ1v) is 6.45. The van der Waals surface area contributed by atoms with Gasteiger partial charge in [-0.3, -0.25) is 0 Å². The molecule has 0 amide bonds. The molecule has 0 aliphatic heterocycles. The van der Waals surface area contributed by atoms with E-state index in [1.54, 1.807) is 10.8 Å². The van der Waals surface area contributed by atoms with E-state index >= 15 is 0 Å². The molecule has 0 fully saturated rings. The Kier molecular flexibility index (Phi) is 5.01. The van der Waals surface area contributed by atoms with Crippen LogP contribution in [0.15, 0.2) is 42.1 Å². The number of hydrogen-bond donors (Lipinski definition) is 0. The predicted molar refractivity (Wildman–Crippen MR) is 62.0 cm³/mol. The molecule has 1 atom stereocenters. The Balaban J connectivity index is 2.38. The van der Waals surface area contributed by atoms with Crippen molar-refractivity contribution in [3.05, 3.63) is 37.1 Å². The molecular formula is C10H13NS2. The molecular weight excluding hydrogens is 198 g/mol. The molecule has 70 valence electrons. The summed E-state index contributed by atoms with van der Waals surface area (Å²) >= 11 is 0. The minimum absolute atomic E-state index is 0.520. The smallest absolute Gasteiger partial charge is 0.106 e. The van der Waals surface area contributed by atoms with Gasteiger partial charge in [-0.2, -0.15) is 0 Å². The first kappa shape index (κ1) is 10.7. The van der Waals surface area contributed by atoms with Crippen molar-refractivity contribution in [3.8, 4) is 0 Å². The van der Waals surface area contributed by atoms with E-state index in [0.717, 1.165) is 11.4 Å². The van der Waals surface area contributed by atoms with E-state index in [4.69, 9.17) is 0 Å². The summed E-state index contributed by atoms with van der Waals surface area (Å²) in [5, 5.41) is 1.58. The molecule has 0 aliphatic carbocycles. The van der Waals surface area contributed by atoms with Gasteiger partial charge in [0.1, 0.15) is 5.03 Å². The molecule has 3 heteroatoms. The summed E-state index contributed by atoms with van der Waals surface area (Å²) in [5.41, 5.74) is 0. The van der Waals surface area contributed by atoms with Gasteiger partial charge in [0.15, 0.2) is 0 Å². The van der Waals surface area contributed by atoms with Crippen molar-refractivity contribution >= 4 is 21.6 Å². The molecule has 0 N–H and O–H groups in total. The zero-order valence-corrected chi connectivity index (χ0v) is 9.28. The fourth-order valence-electron chi connectivity index (χ4n) is 0.781. The Morgan fingerprint density at radius 1 is 1.62 bits per heavy atom. The van der Waals surface area contributed by atoms with Crippen LogP contribution in [0.5, 0.6) is 0 Å². The predicted octanol–water partition coefficient (Wildman–Crippen LogP) is 3.79. The first-order valence-electron chi connectivity index (χ1n) is 4.23. The molecule has 0 aliphatic rings. The molecule has 1 rings (SSSR count). The van der Waals surface area contributed by atoms with Crippen molar-refractivity contribution in [2.24, 2.45) is 0 Å². The zero-order chi connectivity index (χ0) is 9.52. The molecule has 1 unspecified atom stereocenters. The molecule has 1 nitrogen and oxygen atoms in total. The van der Waals surface area contributed by atoms with Gasteiger partial charge >= 0.3 is 0 Å². The highest BCUT2D eigenvalue weighted by Crippen LogP contribution is 2.34. The Bertz CT molecular complexity index is 248. The second-order valence-corrected chi connectivity index (χ2v) is 4.99. The van der Waals surface area contributed by atoms with Gasteiger partial charge in [0, 0.05) is 11.4 Å². The monoisotopic (exact) mass is 211 g/mol. The lowest BCUT2D eigenvalue weighted by Gasteiger charge is -2.06. The van der Waals surface area contributed by atoms with Gasteiger partial charge in [0.2, 0.25) is 0 Å². The quantitative estimate of drug-likeness (QED) is 0.543. The fraction of sp³-hybridized carbons (Fsp3) is 0.300. The molecule has 0 saturated heterocycles. The zero-order valence-electron chi connectivity index (χ0n) is 7.64. The van der Waals surface area contributed by atoms with Crippen molar-refractivity contribution in [3.63, 3.8) is 0 Å². The molecule has 1 aromatic rings. The van der Waals surface area contributed by atoms with Crippen molar-refractivity contribution in [1.29, 1.82) is 0 Å². The minimum Gasteiger partial charge on any atom is -0.249 e. The number of nitrogens with zero attached hydrogens (tertiary/aromatic N) is 1. The van der Waals surface area contributed by atoms with Gasteiger partial charge in [-0.05, 0) is 29.3 Å². The average Bonchev–Trinajstić information content (AvgIpc) is 2.21. The highest BCUT2D eigenvalue weighted by Gasteiger charge is 2.02. The van der Waals surface area contributed by atoms with Crippen molar-refractivity contribution in [2.45, 2.75) is 23.6 Å². The number of hydrogen-bond acceptors (Lipinski definition) is 3. The lowest BCUT2D eigenvalue weighted by Crippen LogP contribution is -1.91. The van der Waals surface area contributed by atoms with Gasteiger partial charge in [-0.25, -0.2) is 4.98 Å². The average molecular weight is 211 g/mol. The Hall–Kier alpha value is -0.410. The van der Waals surface area contributed by atoms with Crippen molar-refractivity contribution < 1.29 is 0 Å². The van der Waals surface area contributed by atoms with Crippen LogP contribution in [0.4, 0.5) is 0 Å². The van der Waals surface area contributed by atoms with E-state index < -0.39 is 0 Å². The van der Waals surface area contributed by atoms with Crippen LogP contribution in [-0.2, 0) is 0 Å². The van der Waals surface area contributed by atoms with Gasteiger partial charge in [0.25, 0.3) is 0 Å². The van der Waals surface area contributed by atoms with Gasteiger partial charge in [-0.1, -0.05) is 29.9 Å². The number of pyridine rings is 1.